The van der Waals surface area contributed by atoms with E-state index in [1.54, 1.807) is 24.3 Å². The summed E-state index contributed by atoms with van der Waals surface area (Å²) in [4.78, 5) is 25.0. The maximum absolute atomic E-state index is 12.8. The van der Waals surface area contributed by atoms with Crippen LogP contribution in [0.4, 0.5) is 5.69 Å². The SMILES string of the molecule is O=C(NCCCl)c1cc(NC(=O)[C@@H]2[C@@H](c3cc(Cl)cc(Cl)c3)C2(Cl)Cl)ccc1Cl. The highest BCUT2D eigenvalue weighted by atomic mass is 35.5. The molecule has 0 aliphatic heterocycles. The summed E-state index contributed by atoms with van der Waals surface area (Å²) in [5, 5.41) is 6.45. The molecule has 4 nitrogen and oxygen atoms in total. The summed E-state index contributed by atoms with van der Waals surface area (Å²) in [7, 11) is 0. The van der Waals surface area contributed by atoms with Gasteiger partial charge in [-0.1, -0.05) is 34.8 Å². The van der Waals surface area contributed by atoms with Crippen LogP contribution in [0, 0.1) is 5.92 Å². The van der Waals surface area contributed by atoms with Crippen LogP contribution in [0.15, 0.2) is 36.4 Å². The van der Waals surface area contributed by atoms with E-state index in [2.05, 4.69) is 10.6 Å². The zero-order valence-corrected chi connectivity index (χ0v) is 19.2. The van der Waals surface area contributed by atoms with Crippen molar-refractivity contribution in [3.8, 4) is 0 Å². The fraction of sp³-hybridized carbons (Fsp3) is 0.263. The van der Waals surface area contributed by atoms with Crippen molar-refractivity contribution in [3.05, 3.63) is 62.6 Å². The molecule has 1 aliphatic rings. The molecule has 10 heteroatoms. The Labute approximate surface area is 197 Å². The van der Waals surface area contributed by atoms with Gasteiger partial charge in [0, 0.05) is 34.1 Å². The van der Waals surface area contributed by atoms with Crippen molar-refractivity contribution in [3.63, 3.8) is 0 Å². The van der Waals surface area contributed by atoms with Crippen LogP contribution in [0.1, 0.15) is 21.8 Å². The van der Waals surface area contributed by atoms with Crippen molar-refractivity contribution in [1.82, 2.24) is 5.32 Å². The van der Waals surface area contributed by atoms with Crippen molar-refractivity contribution in [2.45, 2.75) is 10.3 Å². The summed E-state index contributed by atoms with van der Waals surface area (Å²) in [6.45, 7) is 0.292. The Morgan fingerprint density at radius 3 is 2.28 bits per heavy atom. The molecule has 29 heavy (non-hydrogen) atoms. The molecule has 2 aromatic rings. The first-order chi connectivity index (χ1) is 13.6. The van der Waals surface area contributed by atoms with Crippen LogP contribution in [0.2, 0.25) is 15.1 Å². The van der Waals surface area contributed by atoms with Crippen LogP contribution in [0.5, 0.6) is 0 Å². The van der Waals surface area contributed by atoms with Gasteiger partial charge in [-0.3, -0.25) is 9.59 Å². The highest BCUT2D eigenvalue weighted by Crippen LogP contribution is 2.65. The van der Waals surface area contributed by atoms with Gasteiger partial charge in [-0.15, -0.1) is 34.8 Å². The van der Waals surface area contributed by atoms with Gasteiger partial charge < -0.3 is 10.6 Å². The molecule has 3 rings (SSSR count). The molecule has 2 aromatic carbocycles. The van der Waals surface area contributed by atoms with E-state index in [0.29, 0.717) is 27.8 Å². The standard InChI is InChI=1S/C19H14Cl6N2O2/c20-3-4-26-17(28)13-8-12(1-2-14(13)23)27-18(29)16-15(19(16,24)25)9-5-10(21)7-11(22)6-9/h1-2,5-8,15-16H,3-4H2,(H,26,28)(H,27,29)/t15-,16+/m1/s1. The van der Waals surface area contributed by atoms with E-state index < -0.39 is 28.0 Å². The lowest BCUT2D eigenvalue weighted by atomic mass is 10.1. The average molecular weight is 515 g/mol. The minimum Gasteiger partial charge on any atom is -0.351 e. The highest BCUT2D eigenvalue weighted by Gasteiger charge is 2.67. The Hall–Kier alpha value is -0.880. The molecule has 1 saturated carbocycles. The number of carbonyl (C=O) groups excluding carboxylic acids is 2. The fourth-order valence-corrected chi connectivity index (χ4v) is 4.74. The van der Waals surface area contributed by atoms with Gasteiger partial charge in [0.05, 0.1) is 16.5 Å². The first-order valence-corrected chi connectivity index (χ1v) is 10.9. The largest absolute Gasteiger partial charge is 0.351 e. The number of carbonyl (C=O) groups is 2. The molecule has 0 spiro atoms. The molecule has 0 aromatic heterocycles. The van der Waals surface area contributed by atoms with Crippen LogP contribution >= 0.6 is 69.6 Å². The van der Waals surface area contributed by atoms with Gasteiger partial charge in [0.1, 0.15) is 4.33 Å². The number of halogens is 6. The van der Waals surface area contributed by atoms with E-state index >= 15 is 0 Å². The fourth-order valence-electron chi connectivity index (χ4n) is 3.08. The van der Waals surface area contributed by atoms with Crippen molar-refractivity contribution >= 4 is 87.1 Å². The first kappa shape index (κ1) is 22.8. The lowest BCUT2D eigenvalue weighted by Crippen LogP contribution is -2.26. The second kappa shape index (κ2) is 9.09. The maximum atomic E-state index is 12.8. The third kappa shape index (κ3) is 5.07. The molecule has 0 saturated heterocycles. The summed E-state index contributed by atoms with van der Waals surface area (Å²) in [5.41, 5.74) is 1.27. The van der Waals surface area contributed by atoms with Gasteiger partial charge in [-0.25, -0.2) is 0 Å². The highest BCUT2D eigenvalue weighted by molar-refractivity contribution is 6.53. The Morgan fingerprint density at radius 1 is 1.00 bits per heavy atom. The Morgan fingerprint density at radius 2 is 1.66 bits per heavy atom. The van der Waals surface area contributed by atoms with E-state index in [1.165, 1.54) is 12.1 Å². The number of amides is 2. The number of hydrogen-bond acceptors (Lipinski definition) is 2. The summed E-state index contributed by atoms with van der Waals surface area (Å²) < 4.78 is -1.30. The summed E-state index contributed by atoms with van der Waals surface area (Å²) >= 11 is 36.5. The number of benzene rings is 2. The van der Waals surface area contributed by atoms with Crippen LogP contribution < -0.4 is 10.6 Å². The molecule has 0 heterocycles. The third-order valence-corrected chi connectivity index (χ3v) is 6.33. The van der Waals surface area contributed by atoms with Crippen LogP contribution in [-0.4, -0.2) is 28.6 Å². The molecule has 0 unspecified atom stereocenters. The van der Waals surface area contributed by atoms with Gasteiger partial charge in [0.15, 0.2) is 0 Å². The normalized spacial score (nSPS) is 19.5. The lowest BCUT2D eigenvalue weighted by molar-refractivity contribution is -0.117. The second-order valence-corrected chi connectivity index (χ2v) is 9.56. The van der Waals surface area contributed by atoms with Crippen LogP contribution in [0.3, 0.4) is 0 Å². The van der Waals surface area contributed by atoms with Crippen LogP contribution in [0.25, 0.3) is 0 Å². The van der Waals surface area contributed by atoms with E-state index in [0.717, 1.165) is 0 Å². The molecule has 1 fully saturated rings. The Bertz CT molecular complexity index is 945. The molecular formula is C19H14Cl6N2O2. The third-order valence-electron chi connectivity index (χ3n) is 4.44. The molecule has 0 radical (unpaired) electrons. The number of nitrogens with one attached hydrogen (secondary N) is 2. The predicted octanol–water partition coefficient (Wildman–Crippen LogP) is 6.14. The van der Waals surface area contributed by atoms with E-state index in [4.69, 9.17) is 69.6 Å². The zero-order valence-electron chi connectivity index (χ0n) is 14.6. The lowest BCUT2D eigenvalue weighted by Gasteiger charge is -2.10. The smallest absolute Gasteiger partial charge is 0.252 e. The predicted molar refractivity (Wildman–Crippen MR) is 120 cm³/mol. The topological polar surface area (TPSA) is 58.2 Å². The summed E-state index contributed by atoms with van der Waals surface area (Å²) in [6.07, 6.45) is 0. The Balaban J connectivity index is 1.77. The number of anilines is 1. The summed E-state index contributed by atoms with van der Waals surface area (Å²) in [6, 6.07) is 9.50. The molecule has 154 valence electrons. The van der Waals surface area contributed by atoms with Gasteiger partial charge in [-0.05, 0) is 42.0 Å². The molecule has 2 N–H and O–H groups in total. The quantitative estimate of drug-likeness (QED) is 0.455. The van der Waals surface area contributed by atoms with Crippen molar-refractivity contribution in [2.24, 2.45) is 5.92 Å². The molecule has 0 bridgehead atoms. The average Bonchev–Trinajstić information content (AvgIpc) is 3.22. The van der Waals surface area contributed by atoms with Crippen LogP contribution in [-0.2, 0) is 4.79 Å². The van der Waals surface area contributed by atoms with E-state index in [9.17, 15) is 9.59 Å². The molecule has 2 amide bonds. The number of rotatable bonds is 6. The maximum Gasteiger partial charge on any atom is 0.252 e. The van der Waals surface area contributed by atoms with Crippen molar-refractivity contribution in [2.75, 3.05) is 17.7 Å². The zero-order chi connectivity index (χ0) is 21.3. The second-order valence-electron chi connectivity index (χ2n) is 6.46. The molecular weight excluding hydrogens is 501 g/mol. The van der Waals surface area contributed by atoms with Gasteiger partial charge in [0.25, 0.3) is 5.91 Å². The first-order valence-electron chi connectivity index (χ1n) is 8.43. The summed E-state index contributed by atoms with van der Waals surface area (Å²) in [5.74, 6) is -1.71. The van der Waals surface area contributed by atoms with E-state index in [-0.39, 0.29) is 16.5 Å². The molecule has 1 aliphatic carbocycles. The van der Waals surface area contributed by atoms with Crippen molar-refractivity contribution in [1.29, 1.82) is 0 Å². The molecule has 2 atom stereocenters. The minimum absolute atomic E-state index is 0.214. The van der Waals surface area contributed by atoms with Gasteiger partial charge in [-0.2, -0.15) is 0 Å². The monoisotopic (exact) mass is 512 g/mol. The number of hydrogen-bond donors (Lipinski definition) is 2. The van der Waals surface area contributed by atoms with E-state index in [1.807, 2.05) is 0 Å². The van der Waals surface area contributed by atoms with Crippen molar-refractivity contribution < 1.29 is 9.59 Å². The Kier molecular flexibility index (Phi) is 7.14. The van der Waals surface area contributed by atoms with Gasteiger partial charge >= 0.3 is 0 Å². The number of alkyl halides is 3. The minimum atomic E-state index is -1.30. The van der Waals surface area contributed by atoms with Gasteiger partial charge in [0.2, 0.25) is 5.91 Å².